The molecule has 2 heterocycles. The van der Waals surface area contributed by atoms with Gasteiger partial charge in [0.05, 0.1) is 12.8 Å². The largest absolute Gasteiger partial charge is 0.508 e. The van der Waals surface area contributed by atoms with E-state index in [1.807, 2.05) is 5.38 Å². The van der Waals surface area contributed by atoms with E-state index in [1.54, 1.807) is 60.2 Å². The monoisotopic (exact) mass is 351 g/mol. The first-order valence-electron chi connectivity index (χ1n) is 7.48. The van der Waals surface area contributed by atoms with E-state index in [1.165, 1.54) is 11.3 Å². The summed E-state index contributed by atoms with van der Waals surface area (Å²) in [5.74, 6) is 0.901. The molecular formula is C18H13N3O3S. The molecule has 1 N–H and O–H groups in total. The van der Waals surface area contributed by atoms with E-state index < -0.39 is 0 Å². The van der Waals surface area contributed by atoms with Crippen molar-refractivity contribution in [1.82, 2.24) is 14.6 Å². The zero-order chi connectivity index (χ0) is 17.4. The second-order valence-electron chi connectivity index (χ2n) is 5.36. The first-order valence-corrected chi connectivity index (χ1v) is 8.36. The van der Waals surface area contributed by atoms with Crippen LogP contribution in [0.2, 0.25) is 0 Å². The highest BCUT2D eigenvalue weighted by atomic mass is 32.1. The molecule has 25 heavy (non-hydrogen) atoms. The van der Waals surface area contributed by atoms with Gasteiger partial charge in [0.2, 0.25) is 4.96 Å². The Hall–Kier alpha value is -3.19. The van der Waals surface area contributed by atoms with Crippen molar-refractivity contribution in [2.75, 3.05) is 7.11 Å². The molecule has 0 unspecified atom stereocenters. The van der Waals surface area contributed by atoms with E-state index in [-0.39, 0.29) is 17.0 Å². The van der Waals surface area contributed by atoms with Crippen molar-refractivity contribution >= 4 is 16.3 Å². The summed E-state index contributed by atoms with van der Waals surface area (Å²) in [4.78, 5) is 17.0. The summed E-state index contributed by atoms with van der Waals surface area (Å²) in [5.41, 5.74) is 2.27. The summed E-state index contributed by atoms with van der Waals surface area (Å²) >= 11 is 1.34. The fourth-order valence-electron chi connectivity index (χ4n) is 2.52. The maximum Gasteiger partial charge on any atom is 0.300 e. The summed E-state index contributed by atoms with van der Waals surface area (Å²) in [5, 5.41) is 15.9. The van der Waals surface area contributed by atoms with Gasteiger partial charge in [0, 0.05) is 16.5 Å². The van der Waals surface area contributed by atoms with Gasteiger partial charge in [-0.3, -0.25) is 4.79 Å². The number of hydrogen-bond donors (Lipinski definition) is 1. The molecule has 0 bridgehead atoms. The Bertz CT molecular complexity index is 1100. The lowest BCUT2D eigenvalue weighted by Gasteiger charge is -2.05. The molecule has 0 fully saturated rings. The van der Waals surface area contributed by atoms with Crippen LogP contribution in [0.4, 0.5) is 0 Å². The van der Waals surface area contributed by atoms with Crippen molar-refractivity contribution in [3.8, 4) is 34.0 Å². The quantitative estimate of drug-likeness (QED) is 0.613. The van der Waals surface area contributed by atoms with Gasteiger partial charge in [-0.05, 0) is 48.5 Å². The van der Waals surface area contributed by atoms with Crippen LogP contribution in [0.1, 0.15) is 0 Å². The van der Waals surface area contributed by atoms with Crippen molar-refractivity contribution in [1.29, 1.82) is 0 Å². The Morgan fingerprint density at radius 3 is 2.40 bits per heavy atom. The van der Waals surface area contributed by atoms with Crippen molar-refractivity contribution in [2.24, 2.45) is 0 Å². The minimum absolute atomic E-state index is 0.195. The summed E-state index contributed by atoms with van der Waals surface area (Å²) in [6, 6.07) is 13.9. The normalized spacial score (nSPS) is 10.9. The first-order chi connectivity index (χ1) is 12.2. The predicted molar refractivity (Wildman–Crippen MR) is 96.2 cm³/mol. The zero-order valence-electron chi connectivity index (χ0n) is 13.2. The van der Waals surface area contributed by atoms with Crippen LogP contribution < -0.4 is 10.3 Å². The standard InChI is InChI=1S/C18H13N3O3S/c1-24-14-8-4-12(5-9-14)16-17(23)19-18-21(20-16)15(10-25-18)11-2-6-13(22)7-3-11/h2-10,22H,1H3. The third-order valence-corrected chi connectivity index (χ3v) is 4.63. The van der Waals surface area contributed by atoms with E-state index in [0.29, 0.717) is 16.3 Å². The second kappa shape index (κ2) is 6.03. The number of nitrogens with zero attached hydrogens (tertiary/aromatic N) is 3. The van der Waals surface area contributed by atoms with Gasteiger partial charge in [-0.15, -0.1) is 11.3 Å². The van der Waals surface area contributed by atoms with Crippen LogP contribution in [-0.2, 0) is 0 Å². The number of rotatable bonds is 3. The molecule has 0 spiro atoms. The van der Waals surface area contributed by atoms with Crippen molar-refractivity contribution in [2.45, 2.75) is 0 Å². The molecular weight excluding hydrogens is 338 g/mol. The Labute approximate surface area is 146 Å². The van der Waals surface area contributed by atoms with Crippen molar-refractivity contribution < 1.29 is 9.84 Å². The predicted octanol–water partition coefficient (Wildman–Crippen LogP) is 3.20. The lowest BCUT2D eigenvalue weighted by atomic mass is 10.1. The number of phenols is 1. The number of fused-ring (bicyclic) bond motifs is 1. The molecule has 6 nitrogen and oxygen atoms in total. The Balaban J connectivity index is 1.88. The number of benzene rings is 2. The SMILES string of the molecule is COc1ccc(-c2nn3c(-c4ccc(O)cc4)csc3nc2=O)cc1. The van der Waals surface area contributed by atoms with E-state index in [0.717, 1.165) is 11.3 Å². The lowest BCUT2D eigenvalue weighted by Crippen LogP contribution is -2.14. The Morgan fingerprint density at radius 2 is 1.72 bits per heavy atom. The fourth-order valence-corrected chi connectivity index (χ4v) is 3.34. The number of aromatic nitrogens is 3. The number of methoxy groups -OCH3 is 1. The molecule has 0 aliphatic heterocycles. The van der Waals surface area contributed by atoms with Gasteiger partial charge in [-0.25, -0.2) is 4.52 Å². The first kappa shape index (κ1) is 15.3. The molecule has 0 amide bonds. The van der Waals surface area contributed by atoms with Crippen LogP contribution in [0.25, 0.3) is 27.5 Å². The number of ether oxygens (including phenoxy) is 1. The third-order valence-electron chi connectivity index (χ3n) is 3.81. The van der Waals surface area contributed by atoms with Crippen LogP contribution in [0.5, 0.6) is 11.5 Å². The number of thiazole rings is 1. The maximum atomic E-state index is 12.3. The van der Waals surface area contributed by atoms with Gasteiger partial charge in [-0.2, -0.15) is 10.1 Å². The minimum atomic E-state index is -0.371. The van der Waals surface area contributed by atoms with Crippen LogP contribution in [0.15, 0.2) is 58.7 Å². The molecule has 0 radical (unpaired) electrons. The van der Waals surface area contributed by atoms with Gasteiger partial charge < -0.3 is 9.84 Å². The highest BCUT2D eigenvalue weighted by Gasteiger charge is 2.13. The van der Waals surface area contributed by atoms with Crippen LogP contribution in [0.3, 0.4) is 0 Å². The van der Waals surface area contributed by atoms with Gasteiger partial charge in [-0.1, -0.05) is 0 Å². The Kier molecular flexibility index (Phi) is 3.70. The summed E-state index contributed by atoms with van der Waals surface area (Å²) in [6.45, 7) is 0. The topological polar surface area (TPSA) is 76.7 Å². The van der Waals surface area contributed by atoms with Crippen LogP contribution in [0, 0.1) is 0 Å². The van der Waals surface area contributed by atoms with E-state index in [2.05, 4.69) is 10.1 Å². The molecule has 0 aliphatic carbocycles. The molecule has 7 heteroatoms. The molecule has 0 saturated heterocycles. The average molecular weight is 351 g/mol. The highest BCUT2D eigenvalue weighted by molar-refractivity contribution is 7.15. The second-order valence-corrected chi connectivity index (χ2v) is 6.19. The zero-order valence-corrected chi connectivity index (χ0v) is 14.0. The van der Waals surface area contributed by atoms with E-state index in [4.69, 9.17) is 4.74 Å². The molecule has 0 aliphatic rings. The number of phenolic OH excluding ortho intramolecular Hbond substituents is 1. The van der Waals surface area contributed by atoms with Crippen LogP contribution >= 0.6 is 11.3 Å². The average Bonchev–Trinajstić information content (AvgIpc) is 3.04. The van der Waals surface area contributed by atoms with Gasteiger partial charge in [0.25, 0.3) is 0 Å². The molecule has 2 aromatic heterocycles. The molecule has 4 aromatic rings. The molecule has 2 aromatic carbocycles. The van der Waals surface area contributed by atoms with Gasteiger partial charge >= 0.3 is 5.56 Å². The highest BCUT2D eigenvalue weighted by Crippen LogP contribution is 2.26. The summed E-state index contributed by atoms with van der Waals surface area (Å²) < 4.78 is 6.79. The van der Waals surface area contributed by atoms with Gasteiger partial charge in [0.15, 0.2) is 5.69 Å². The third kappa shape index (κ3) is 2.74. The van der Waals surface area contributed by atoms with Gasteiger partial charge in [0.1, 0.15) is 11.5 Å². The summed E-state index contributed by atoms with van der Waals surface area (Å²) in [6.07, 6.45) is 0. The molecule has 0 atom stereocenters. The minimum Gasteiger partial charge on any atom is -0.508 e. The Morgan fingerprint density at radius 1 is 1.04 bits per heavy atom. The van der Waals surface area contributed by atoms with Crippen molar-refractivity contribution in [3.63, 3.8) is 0 Å². The lowest BCUT2D eigenvalue weighted by molar-refractivity contribution is 0.415. The summed E-state index contributed by atoms with van der Waals surface area (Å²) in [7, 11) is 1.59. The maximum absolute atomic E-state index is 12.3. The van der Waals surface area contributed by atoms with E-state index in [9.17, 15) is 9.90 Å². The number of aromatic hydroxyl groups is 1. The van der Waals surface area contributed by atoms with Crippen LogP contribution in [-0.4, -0.2) is 26.8 Å². The fraction of sp³-hybridized carbons (Fsp3) is 0.0556. The smallest absolute Gasteiger partial charge is 0.300 e. The molecule has 4 rings (SSSR count). The number of hydrogen-bond acceptors (Lipinski definition) is 6. The molecule has 0 saturated carbocycles. The molecule has 124 valence electrons. The van der Waals surface area contributed by atoms with E-state index >= 15 is 0 Å². The van der Waals surface area contributed by atoms with Crippen molar-refractivity contribution in [3.05, 3.63) is 64.3 Å².